The lowest BCUT2D eigenvalue weighted by Gasteiger charge is -2.24. The van der Waals surface area contributed by atoms with E-state index in [1.165, 1.54) is 24.8 Å². The number of rotatable bonds is 7. The van der Waals surface area contributed by atoms with Gasteiger partial charge in [-0.25, -0.2) is 0 Å². The van der Waals surface area contributed by atoms with Gasteiger partial charge in [0, 0.05) is 17.6 Å². The molecule has 0 saturated heterocycles. The molecule has 1 aliphatic carbocycles. The van der Waals surface area contributed by atoms with Gasteiger partial charge in [0.15, 0.2) is 0 Å². The van der Waals surface area contributed by atoms with Gasteiger partial charge in [0.2, 0.25) is 0 Å². The Kier molecular flexibility index (Phi) is 4.07. The summed E-state index contributed by atoms with van der Waals surface area (Å²) in [5, 5.41) is 0. The van der Waals surface area contributed by atoms with Crippen LogP contribution in [0.5, 0.6) is 0 Å². The molecule has 0 radical (unpaired) electrons. The van der Waals surface area contributed by atoms with Crippen LogP contribution in [0.3, 0.4) is 0 Å². The standard InChI is InChI=1S/C16H24N2/c1-3-4-5-12-18(2)13-16(10-11-16)14-6-8-15(17)9-7-14/h3,6-9H,1,4-5,10-13,17H2,2H3. The van der Waals surface area contributed by atoms with Gasteiger partial charge in [-0.3, -0.25) is 0 Å². The number of benzene rings is 1. The molecule has 0 aromatic heterocycles. The van der Waals surface area contributed by atoms with Crippen LogP contribution in [0.4, 0.5) is 5.69 Å². The maximum Gasteiger partial charge on any atom is 0.0314 e. The summed E-state index contributed by atoms with van der Waals surface area (Å²) in [4.78, 5) is 2.45. The van der Waals surface area contributed by atoms with E-state index in [0.717, 1.165) is 25.2 Å². The van der Waals surface area contributed by atoms with Crippen LogP contribution in [0.25, 0.3) is 0 Å². The van der Waals surface area contributed by atoms with Crippen LogP contribution in [-0.4, -0.2) is 25.0 Å². The van der Waals surface area contributed by atoms with E-state index in [0.29, 0.717) is 5.41 Å². The second-order valence-electron chi connectivity index (χ2n) is 5.57. The van der Waals surface area contributed by atoms with E-state index in [9.17, 15) is 0 Å². The maximum absolute atomic E-state index is 5.75. The molecule has 1 aromatic carbocycles. The third kappa shape index (κ3) is 3.14. The molecule has 2 rings (SSSR count). The Bertz CT molecular complexity index is 390. The molecule has 2 nitrogen and oxygen atoms in total. The molecule has 18 heavy (non-hydrogen) atoms. The number of unbranched alkanes of at least 4 members (excludes halogenated alkanes) is 1. The number of likely N-dealkylation sites (N-methyl/N-ethyl adjacent to an activating group) is 1. The van der Waals surface area contributed by atoms with Gasteiger partial charge in [0.25, 0.3) is 0 Å². The van der Waals surface area contributed by atoms with Crippen molar-refractivity contribution < 1.29 is 0 Å². The molecule has 98 valence electrons. The molecule has 0 spiro atoms. The molecule has 1 aromatic rings. The highest BCUT2D eigenvalue weighted by molar-refractivity contribution is 5.43. The Balaban J connectivity index is 1.91. The lowest BCUT2D eigenvalue weighted by molar-refractivity contribution is 0.299. The Labute approximate surface area is 110 Å². The Morgan fingerprint density at radius 1 is 1.33 bits per heavy atom. The molecule has 0 unspecified atom stereocenters. The number of hydrogen-bond donors (Lipinski definition) is 1. The van der Waals surface area contributed by atoms with Crippen LogP contribution in [-0.2, 0) is 5.41 Å². The van der Waals surface area contributed by atoms with Crippen molar-refractivity contribution in [1.29, 1.82) is 0 Å². The van der Waals surface area contributed by atoms with Gasteiger partial charge in [0.05, 0.1) is 0 Å². The Morgan fingerprint density at radius 3 is 2.56 bits per heavy atom. The highest BCUT2D eigenvalue weighted by Crippen LogP contribution is 2.48. The first-order valence-electron chi connectivity index (χ1n) is 6.82. The summed E-state index contributed by atoms with van der Waals surface area (Å²) in [5.74, 6) is 0. The first kappa shape index (κ1) is 13.2. The quantitative estimate of drug-likeness (QED) is 0.453. The Hall–Kier alpha value is -1.28. The average Bonchev–Trinajstić information content (AvgIpc) is 3.11. The van der Waals surface area contributed by atoms with Crippen molar-refractivity contribution in [2.45, 2.75) is 31.1 Å². The van der Waals surface area contributed by atoms with E-state index in [-0.39, 0.29) is 0 Å². The van der Waals surface area contributed by atoms with Gasteiger partial charge in [-0.05, 0) is 57.0 Å². The molecule has 0 aliphatic heterocycles. The van der Waals surface area contributed by atoms with Crippen molar-refractivity contribution in [2.75, 3.05) is 25.9 Å². The maximum atomic E-state index is 5.75. The summed E-state index contributed by atoms with van der Waals surface area (Å²) in [6.45, 7) is 6.09. The number of hydrogen-bond acceptors (Lipinski definition) is 2. The predicted octanol–water partition coefficient (Wildman–Crippen LogP) is 3.20. The van der Waals surface area contributed by atoms with Crippen molar-refractivity contribution in [1.82, 2.24) is 4.90 Å². The fourth-order valence-electron chi connectivity index (χ4n) is 2.63. The zero-order valence-corrected chi connectivity index (χ0v) is 11.4. The first-order chi connectivity index (χ1) is 8.66. The first-order valence-corrected chi connectivity index (χ1v) is 6.82. The number of nitrogens with zero attached hydrogens (tertiary/aromatic N) is 1. The summed E-state index contributed by atoms with van der Waals surface area (Å²) >= 11 is 0. The SMILES string of the molecule is C=CCCCN(C)CC1(c2ccc(N)cc2)CC1. The van der Waals surface area contributed by atoms with Crippen LogP contribution in [0.15, 0.2) is 36.9 Å². The van der Waals surface area contributed by atoms with Crippen molar-refractivity contribution in [3.63, 3.8) is 0 Å². The van der Waals surface area contributed by atoms with Crippen LogP contribution in [0.1, 0.15) is 31.2 Å². The number of nitrogens with two attached hydrogens (primary N) is 1. The summed E-state index contributed by atoms with van der Waals surface area (Å²) in [6, 6.07) is 8.43. The highest BCUT2D eigenvalue weighted by Gasteiger charge is 2.44. The third-order valence-corrected chi connectivity index (χ3v) is 3.90. The van der Waals surface area contributed by atoms with Gasteiger partial charge in [0.1, 0.15) is 0 Å². The molecule has 1 fully saturated rings. The van der Waals surface area contributed by atoms with Gasteiger partial charge >= 0.3 is 0 Å². The van der Waals surface area contributed by atoms with Crippen LogP contribution < -0.4 is 5.73 Å². The summed E-state index contributed by atoms with van der Waals surface area (Å²) < 4.78 is 0. The zero-order chi connectivity index (χ0) is 13.0. The minimum absolute atomic E-state index is 0.399. The minimum atomic E-state index is 0.399. The molecule has 0 atom stereocenters. The van der Waals surface area contributed by atoms with E-state index in [4.69, 9.17) is 5.73 Å². The van der Waals surface area contributed by atoms with Crippen molar-refractivity contribution >= 4 is 5.69 Å². The fourth-order valence-corrected chi connectivity index (χ4v) is 2.63. The van der Waals surface area contributed by atoms with Gasteiger partial charge < -0.3 is 10.6 Å². The van der Waals surface area contributed by atoms with Crippen LogP contribution >= 0.6 is 0 Å². The molecule has 2 N–H and O–H groups in total. The second-order valence-corrected chi connectivity index (χ2v) is 5.57. The summed E-state index contributed by atoms with van der Waals surface area (Å²) in [5.41, 5.74) is 8.46. The van der Waals surface area contributed by atoms with Gasteiger partial charge in [-0.15, -0.1) is 6.58 Å². The lowest BCUT2D eigenvalue weighted by Crippen LogP contribution is -2.30. The largest absolute Gasteiger partial charge is 0.399 e. The number of allylic oxidation sites excluding steroid dienone is 1. The molecule has 0 heterocycles. The topological polar surface area (TPSA) is 29.3 Å². The zero-order valence-electron chi connectivity index (χ0n) is 11.4. The monoisotopic (exact) mass is 244 g/mol. The number of anilines is 1. The smallest absolute Gasteiger partial charge is 0.0314 e. The molecular weight excluding hydrogens is 220 g/mol. The molecule has 0 bridgehead atoms. The minimum Gasteiger partial charge on any atom is -0.399 e. The lowest BCUT2D eigenvalue weighted by atomic mass is 9.95. The predicted molar refractivity (Wildman–Crippen MR) is 78.7 cm³/mol. The molecule has 0 amide bonds. The van der Waals surface area contributed by atoms with E-state index in [1.54, 1.807) is 0 Å². The van der Waals surface area contributed by atoms with Crippen molar-refractivity contribution in [3.8, 4) is 0 Å². The highest BCUT2D eigenvalue weighted by atomic mass is 15.1. The average molecular weight is 244 g/mol. The molecular formula is C16H24N2. The molecule has 2 heteroatoms. The second kappa shape index (κ2) is 5.57. The molecule has 1 aliphatic rings. The summed E-state index contributed by atoms with van der Waals surface area (Å²) in [6.07, 6.45) is 6.93. The molecule has 1 saturated carbocycles. The number of nitrogen functional groups attached to an aromatic ring is 1. The Morgan fingerprint density at radius 2 is 2.00 bits per heavy atom. The van der Waals surface area contributed by atoms with Crippen molar-refractivity contribution in [2.24, 2.45) is 0 Å². The van der Waals surface area contributed by atoms with E-state index in [1.807, 2.05) is 18.2 Å². The summed E-state index contributed by atoms with van der Waals surface area (Å²) in [7, 11) is 2.22. The normalized spacial score (nSPS) is 16.8. The van der Waals surface area contributed by atoms with Crippen LogP contribution in [0.2, 0.25) is 0 Å². The van der Waals surface area contributed by atoms with Gasteiger partial charge in [-0.2, -0.15) is 0 Å². The van der Waals surface area contributed by atoms with Crippen molar-refractivity contribution in [3.05, 3.63) is 42.5 Å². The van der Waals surface area contributed by atoms with E-state index < -0.39 is 0 Å². The van der Waals surface area contributed by atoms with E-state index >= 15 is 0 Å². The third-order valence-electron chi connectivity index (χ3n) is 3.90. The van der Waals surface area contributed by atoms with Gasteiger partial charge in [-0.1, -0.05) is 18.2 Å². The fraction of sp³-hybridized carbons (Fsp3) is 0.500. The van der Waals surface area contributed by atoms with E-state index in [2.05, 4.69) is 30.7 Å². The van der Waals surface area contributed by atoms with Crippen LogP contribution in [0, 0.1) is 0 Å².